The maximum atomic E-state index is 12.3. The third-order valence-electron chi connectivity index (χ3n) is 2.47. The van der Waals surface area contributed by atoms with Crippen LogP contribution in [0.3, 0.4) is 0 Å². The van der Waals surface area contributed by atoms with Gasteiger partial charge in [0.1, 0.15) is 4.88 Å². The quantitative estimate of drug-likeness (QED) is 0.875. The predicted octanol–water partition coefficient (Wildman–Crippen LogP) is 3.08. The Bertz CT molecular complexity index is 594. The molecule has 98 valence electrons. The molecule has 6 heteroatoms. The van der Waals surface area contributed by atoms with Crippen molar-refractivity contribution in [1.29, 1.82) is 0 Å². The Morgan fingerprint density at radius 2 is 1.89 bits per heavy atom. The molecule has 0 aliphatic rings. The molecular formula is C13H11NO4S. The van der Waals surface area contributed by atoms with Gasteiger partial charge in [-0.05, 0) is 23.6 Å². The highest BCUT2D eigenvalue weighted by molar-refractivity contribution is 7.12. The van der Waals surface area contributed by atoms with E-state index in [1.54, 1.807) is 24.6 Å². The Kier molecular flexibility index (Phi) is 3.82. The van der Waals surface area contributed by atoms with Crippen molar-refractivity contribution in [3.63, 3.8) is 0 Å². The number of amides is 1. The Labute approximate surface area is 113 Å². The van der Waals surface area contributed by atoms with Crippen molar-refractivity contribution in [2.45, 2.75) is 0 Å². The van der Waals surface area contributed by atoms with Gasteiger partial charge in [-0.1, -0.05) is 18.2 Å². The molecule has 0 fully saturated rings. The van der Waals surface area contributed by atoms with Crippen molar-refractivity contribution >= 4 is 29.1 Å². The molecule has 1 aromatic carbocycles. The lowest BCUT2D eigenvalue weighted by molar-refractivity contribution is 0.0993. The summed E-state index contributed by atoms with van der Waals surface area (Å²) >= 11 is 1.14. The average Bonchev–Trinajstić information content (AvgIpc) is 2.85. The zero-order valence-electron chi connectivity index (χ0n) is 10.1. The van der Waals surface area contributed by atoms with E-state index in [0.717, 1.165) is 17.0 Å². The van der Waals surface area contributed by atoms with Gasteiger partial charge < -0.3 is 14.7 Å². The molecule has 2 aromatic rings. The smallest absolute Gasteiger partial charge is 0.449 e. The summed E-state index contributed by atoms with van der Waals surface area (Å²) in [6.45, 7) is 0. The van der Waals surface area contributed by atoms with Gasteiger partial charge in [-0.3, -0.25) is 4.79 Å². The van der Waals surface area contributed by atoms with E-state index in [-0.39, 0.29) is 16.5 Å². The molecule has 19 heavy (non-hydrogen) atoms. The third kappa shape index (κ3) is 2.92. The molecule has 0 unspecified atom stereocenters. The molecule has 0 spiro atoms. The number of anilines is 1. The van der Waals surface area contributed by atoms with E-state index in [0.29, 0.717) is 0 Å². The van der Waals surface area contributed by atoms with E-state index in [1.807, 2.05) is 18.2 Å². The Morgan fingerprint density at radius 3 is 2.53 bits per heavy atom. The number of hydrogen-bond donors (Lipinski definition) is 1. The number of carboxylic acid groups (broad SMARTS) is 1. The third-order valence-corrected chi connectivity index (χ3v) is 3.35. The van der Waals surface area contributed by atoms with Crippen LogP contribution in [-0.4, -0.2) is 24.2 Å². The second-order valence-electron chi connectivity index (χ2n) is 3.68. The van der Waals surface area contributed by atoms with Gasteiger partial charge in [0.2, 0.25) is 0 Å². The first-order valence-electron chi connectivity index (χ1n) is 5.41. The lowest BCUT2D eigenvalue weighted by Gasteiger charge is -2.16. The average molecular weight is 277 g/mol. The Morgan fingerprint density at radius 1 is 1.21 bits per heavy atom. The van der Waals surface area contributed by atoms with Crippen LogP contribution in [0.15, 0.2) is 41.8 Å². The fraction of sp³-hybridized carbons (Fsp3) is 0.0769. The van der Waals surface area contributed by atoms with Crippen LogP contribution in [0.5, 0.6) is 5.75 Å². The van der Waals surface area contributed by atoms with Crippen LogP contribution in [0.4, 0.5) is 10.5 Å². The lowest BCUT2D eigenvalue weighted by atomic mass is 10.3. The van der Waals surface area contributed by atoms with Gasteiger partial charge in [0.15, 0.2) is 5.75 Å². The van der Waals surface area contributed by atoms with Crippen molar-refractivity contribution < 1.29 is 19.4 Å². The molecule has 0 saturated heterocycles. The summed E-state index contributed by atoms with van der Waals surface area (Å²) in [5.74, 6) is -0.247. The number of ether oxygens (including phenoxy) is 1. The molecular weight excluding hydrogens is 266 g/mol. The summed E-state index contributed by atoms with van der Waals surface area (Å²) in [7, 11) is 1.63. The van der Waals surface area contributed by atoms with Gasteiger partial charge in [-0.25, -0.2) is 4.79 Å². The van der Waals surface area contributed by atoms with Crippen LogP contribution in [0, 0.1) is 0 Å². The predicted molar refractivity (Wildman–Crippen MR) is 72.1 cm³/mol. The van der Waals surface area contributed by atoms with Crippen molar-refractivity contribution in [2.24, 2.45) is 0 Å². The van der Waals surface area contributed by atoms with Gasteiger partial charge in [0.25, 0.3) is 5.91 Å². The Balaban J connectivity index is 2.25. The number of para-hydroxylation sites is 1. The molecule has 0 saturated carbocycles. The van der Waals surface area contributed by atoms with Gasteiger partial charge in [0, 0.05) is 12.7 Å². The highest BCUT2D eigenvalue weighted by Gasteiger charge is 2.21. The molecule has 1 N–H and O–H groups in total. The van der Waals surface area contributed by atoms with E-state index < -0.39 is 6.16 Å². The second-order valence-corrected chi connectivity index (χ2v) is 4.60. The highest BCUT2D eigenvalue weighted by Crippen LogP contribution is 2.27. The number of thiophene rings is 1. The largest absolute Gasteiger partial charge is 0.511 e. The minimum Gasteiger partial charge on any atom is -0.449 e. The summed E-state index contributed by atoms with van der Waals surface area (Å²) in [4.78, 5) is 24.5. The normalized spacial score (nSPS) is 9.95. The minimum atomic E-state index is -1.44. The van der Waals surface area contributed by atoms with E-state index in [2.05, 4.69) is 4.74 Å². The fourth-order valence-corrected chi connectivity index (χ4v) is 2.34. The maximum absolute atomic E-state index is 12.3. The van der Waals surface area contributed by atoms with Gasteiger partial charge >= 0.3 is 6.16 Å². The molecule has 0 aliphatic carbocycles. The highest BCUT2D eigenvalue weighted by atomic mass is 32.1. The molecule has 1 heterocycles. The maximum Gasteiger partial charge on any atom is 0.511 e. The number of nitrogens with zero attached hydrogens (tertiary/aromatic N) is 1. The number of rotatable bonds is 3. The van der Waals surface area contributed by atoms with Gasteiger partial charge in [0.05, 0.1) is 0 Å². The first kappa shape index (κ1) is 13.1. The molecule has 1 aromatic heterocycles. The van der Waals surface area contributed by atoms with Crippen LogP contribution in [0.2, 0.25) is 0 Å². The molecule has 0 radical (unpaired) electrons. The molecule has 1 amide bonds. The SMILES string of the molecule is CN(C(=O)c1sccc1OC(=O)O)c1ccccc1. The Hall–Kier alpha value is -2.34. The van der Waals surface area contributed by atoms with E-state index in [1.165, 1.54) is 11.0 Å². The molecule has 2 rings (SSSR count). The second kappa shape index (κ2) is 5.53. The first-order valence-corrected chi connectivity index (χ1v) is 6.29. The van der Waals surface area contributed by atoms with Crippen molar-refractivity contribution in [2.75, 3.05) is 11.9 Å². The van der Waals surface area contributed by atoms with E-state index in [9.17, 15) is 9.59 Å². The first-order chi connectivity index (χ1) is 9.09. The number of hydrogen-bond acceptors (Lipinski definition) is 4. The molecule has 5 nitrogen and oxygen atoms in total. The van der Waals surface area contributed by atoms with Crippen LogP contribution < -0.4 is 9.64 Å². The van der Waals surface area contributed by atoms with Crippen molar-refractivity contribution in [3.8, 4) is 5.75 Å². The fourth-order valence-electron chi connectivity index (χ4n) is 1.55. The molecule has 0 bridgehead atoms. The number of benzene rings is 1. The molecule has 0 atom stereocenters. The van der Waals surface area contributed by atoms with Crippen molar-refractivity contribution in [1.82, 2.24) is 0 Å². The van der Waals surface area contributed by atoms with Crippen LogP contribution in [0.1, 0.15) is 9.67 Å². The monoisotopic (exact) mass is 277 g/mol. The van der Waals surface area contributed by atoms with Crippen LogP contribution >= 0.6 is 11.3 Å². The van der Waals surface area contributed by atoms with E-state index >= 15 is 0 Å². The number of carbonyl (C=O) groups is 2. The summed E-state index contributed by atoms with van der Waals surface area (Å²) in [6, 6.07) is 10.5. The van der Waals surface area contributed by atoms with Gasteiger partial charge in [-0.2, -0.15) is 0 Å². The van der Waals surface area contributed by atoms with Gasteiger partial charge in [-0.15, -0.1) is 11.3 Å². The summed E-state index contributed by atoms with van der Waals surface area (Å²) in [5.41, 5.74) is 0.724. The minimum absolute atomic E-state index is 0.0604. The zero-order chi connectivity index (χ0) is 13.8. The lowest BCUT2D eigenvalue weighted by Crippen LogP contribution is -2.26. The van der Waals surface area contributed by atoms with Crippen LogP contribution in [0.25, 0.3) is 0 Å². The molecule has 0 aliphatic heterocycles. The summed E-state index contributed by atoms with van der Waals surface area (Å²) < 4.78 is 4.57. The number of carbonyl (C=O) groups excluding carboxylic acids is 1. The zero-order valence-corrected chi connectivity index (χ0v) is 10.9. The summed E-state index contributed by atoms with van der Waals surface area (Å²) in [5, 5.41) is 10.2. The standard InChI is InChI=1S/C13H11NO4S/c1-14(9-5-3-2-4-6-9)12(15)11-10(7-8-19-11)18-13(16)17/h2-8H,1H3,(H,16,17). The van der Waals surface area contributed by atoms with E-state index in [4.69, 9.17) is 5.11 Å². The van der Waals surface area contributed by atoms with Crippen molar-refractivity contribution in [3.05, 3.63) is 46.7 Å². The topological polar surface area (TPSA) is 66.8 Å². The summed E-state index contributed by atoms with van der Waals surface area (Å²) in [6.07, 6.45) is -1.44. The van der Waals surface area contributed by atoms with Crippen LogP contribution in [-0.2, 0) is 0 Å².